The molecule has 2 unspecified atom stereocenters. The number of fused-ring (bicyclic) bond motifs is 1. The van der Waals surface area contributed by atoms with Gasteiger partial charge in [0.1, 0.15) is 11.9 Å². The van der Waals surface area contributed by atoms with Crippen molar-refractivity contribution in [1.29, 1.82) is 0 Å². The Morgan fingerprint density at radius 1 is 1.62 bits per heavy atom. The van der Waals surface area contributed by atoms with E-state index in [1.165, 1.54) is 5.57 Å². The molecule has 1 heterocycles. The zero-order chi connectivity index (χ0) is 9.26. The molecule has 13 heavy (non-hydrogen) atoms. The van der Waals surface area contributed by atoms with Crippen LogP contribution in [0.25, 0.3) is 0 Å². The molecule has 2 atom stereocenters. The van der Waals surface area contributed by atoms with Gasteiger partial charge in [-0.2, -0.15) is 0 Å². The van der Waals surface area contributed by atoms with Gasteiger partial charge in [-0.05, 0) is 28.4 Å². The Kier molecular flexibility index (Phi) is 2.56. The van der Waals surface area contributed by atoms with Crippen LogP contribution in [-0.4, -0.2) is 11.3 Å². The van der Waals surface area contributed by atoms with Crippen molar-refractivity contribution in [1.82, 2.24) is 0 Å². The Bertz CT molecular complexity index is 281. The van der Waals surface area contributed by atoms with Crippen LogP contribution in [0.15, 0.2) is 36.1 Å². The summed E-state index contributed by atoms with van der Waals surface area (Å²) in [6, 6.07) is 0. The van der Waals surface area contributed by atoms with Gasteiger partial charge in [-0.15, -0.1) is 6.58 Å². The minimum atomic E-state index is -0.278. The summed E-state index contributed by atoms with van der Waals surface area (Å²) in [6.07, 6.45) is 7.92. The minimum absolute atomic E-state index is 0.101. The van der Waals surface area contributed by atoms with Gasteiger partial charge in [0.15, 0.2) is 0 Å². The van der Waals surface area contributed by atoms with E-state index in [1.54, 1.807) is 0 Å². The molecule has 0 N–H and O–H groups in total. The van der Waals surface area contributed by atoms with Crippen LogP contribution < -0.4 is 0 Å². The Hall–Kier alpha value is -0.540. The highest BCUT2D eigenvalue weighted by atomic mass is 79.9. The summed E-state index contributed by atoms with van der Waals surface area (Å²) in [5.74, 6) is 0.926. The zero-order valence-corrected chi connectivity index (χ0v) is 8.79. The lowest BCUT2D eigenvalue weighted by Crippen LogP contribution is -2.12. The highest BCUT2D eigenvalue weighted by Gasteiger charge is 2.31. The highest BCUT2D eigenvalue weighted by Crippen LogP contribution is 2.33. The normalized spacial score (nSPS) is 31.5. The maximum Gasteiger partial charge on any atom is 0.257 e. The van der Waals surface area contributed by atoms with Crippen molar-refractivity contribution in [3.63, 3.8) is 0 Å². The first-order valence-corrected chi connectivity index (χ1v) is 5.18. The summed E-state index contributed by atoms with van der Waals surface area (Å²) in [7, 11) is 0. The van der Waals surface area contributed by atoms with Crippen LogP contribution in [0, 0.1) is 0 Å². The largest absolute Gasteiger partial charge is 0.456 e. The second-order valence-corrected chi connectivity index (χ2v) is 3.86. The summed E-state index contributed by atoms with van der Waals surface area (Å²) in [6.45, 7) is 3.71. The lowest BCUT2D eigenvalue weighted by atomic mass is 9.99. The molecule has 1 fully saturated rings. The first-order chi connectivity index (χ1) is 6.29. The van der Waals surface area contributed by atoms with Gasteiger partial charge in [0, 0.05) is 6.42 Å². The van der Waals surface area contributed by atoms with E-state index in [1.807, 2.05) is 12.2 Å². The van der Waals surface area contributed by atoms with Crippen molar-refractivity contribution in [2.24, 2.45) is 0 Å². The van der Waals surface area contributed by atoms with Gasteiger partial charge in [0.25, 0.3) is 5.20 Å². The molecule has 3 heteroatoms. The summed E-state index contributed by atoms with van der Waals surface area (Å²) in [4.78, 5) is 0. The predicted octanol–water partition coefficient (Wildman–Crippen LogP) is 2.87. The van der Waals surface area contributed by atoms with E-state index in [-0.39, 0.29) is 11.3 Å². The van der Waals surface area contributed by atoms with Crippen LogP contribution in [0.4, 0.5) is 0 Å². The average molecular weight is 243 g/mol. The lowest BCUT2D eigenvalue weighted by molar-refractivity contribution is 0.0242. The van der Waals surface area contributed by atoms with Crippen LogP contribution in [-0.2, 0) is 9.47 Å². The predicted molar refractivity (Wildman–Crippen MR) is 54.3 cm³/mol. The summed E-state index contributed by atoms with van der Waals surface area (Å²) >= 11 is 3.26. The Balaban J connectivity index is 2.08. The highest BCUT2D eigenvalue weighted by molar-refractivity contribution is 9.09. The summed E-state index contributed by atoms with van der Waals surface area (Å²) in [5, 5.41) is -0.278. The quantitative estimate of drug-likeness (QED) is 0.548. The second-order valence-electron chi connectivity index (χ2n) is 3.11. The third-order valence-corrected chi connectivity index (χ3v) is 2.56. The first-order valence-electron chi connectivity index (χ1n) is 4.26. The van der Waals surface area contributed by atoms with Crippen molar-refractivity contribution in [3.8, 4) is 0 Å². The van der Waals surface area contributed by atoms with Crippen LogP contribution in [0.2, 0.25) is 0 Å². The van der Waals surface area contributed by atoms with E-state index in [9.17, 15) is 0 Å². The maximum absolute atomic E-state index is 5.49. The number of ether oxygens (including phenoxy) is 2. The number of halogens is 1. The topological polar surface area (TPSA) is 18.5 Å². The molecule has 0 radical (unpaired) electrons. The van der Waals surface area contributed by atoms with E-state index in [4.69, 9.17) is 9.47 Å². The number of alkyl halides is 1. The number of hydrogen-bond acceptors (Lipinski definition) is 2. The van der Waals surface area contributed by atoms with E-state index >= 15 is 0 Å². The molecule has 2 nitrogen and oxygen atoms in total. The summed E-state index contributed by atoms with van der Waals surface area (Å²) in [5.41, 5.74) is 1.34. The number of allylic oxidation sites excluding steroid dienone is 3. The third-order valence-electron chi connectivity index (χ3n) is 2.15. The van der Waals surface area contributed by atoms with Gasteiger partial charge in [0.05, 0.1) is 0 Å². The zero-order valence-electron chi connectivity index (χ0n) is 7.20. The second kappa shape index (κ2) is 3.68. The van der Waals surface area contributed by atoms with Crippen molar-refractivity contribution >= 4 is 15.9 Å². The van der Waals surface area contributed by atoms with Gasteiger partial charge in [-0.1, -0.05) is 17.7 Å². The molecule has 2 aliphatic rings. The number of rotatable bonds is 2. The maximum atomic E-state index is 5.49. The Morgan fingerprint density at radius 3 is 3.23 bits per heavy atom. The Labute approximate surface area is 86.0 Å². The van der Waals surface area contributed by atoms with Crippen LogP contribution in [0.1, 0.15) is 12.8 Å². The van der Waals surface area contributed by atoms with Crippen LogP contribution in [0.3, 0.4) is 0 Å². The van der Waals surface area contributed by atoms with Crippen molar-refractivity contribution in [2.45, 2.75) is 24.1 Å². The summed E-state index contributed by atoms with van der Waals surface area (Å²) < 4.78 is 10.9. The molecule has 1 saturated heterocycles. The SMILES string of the molecule is C=CCC1=CC=C2OC(Br)OC2C1. The molecule has 0 saturated carbocycles. The van der Waals surface area contributed by atoms with Gasteiger partial charge in [-0.25, -0.2) is 0 Å². The number of hydrogen-bond donors (Lipinski definition) is 0. The molecule has 0 aromatic heterocycles. The van der Waals surface area contributed by atoms with Gasteiger partial charge in [0.2, 0.25) is 0 Å². The van der Waals surface area contributed by atoms with Crippen LogP contribution >= 0.6 is 15.9 Å². The standard InChI is InChI=1S/C10H11BrO2/c1-2-3-7-4-5-8-9(6-7)13-10(11)12-8/h2,4-5,9-10H,1,3,6H2. The fourth-order valence-corrected chi connectivity index (χ4v) is 2.02. The van der Waals surface area contributed by atoms with E-state index in [0.717, 1.165) is 18.6 Å². The van der Waals surface area contributed by atoms with E-state index in [0.29, 0.717) is 0 Å². The smallest absolute Gasteiger partial charge is 0.257 e. The fourth-order valence-electron chi connectivity index (χ4n) is 1.55. The van der Waals surface area contributed by atoms with Gasteiger partial charge < -0.3 is 9.47 Å². The Morgan fingerprint density at radius 2 is 2.46 bits per heavy atom. The van der Waals surface area contributed by atoms with E-state index in [2.05, 4.69) is 28.6 Å². The lowest BCUT2D eigenvalue weighted by Gasteiger charge is -2.14. The molecular formula is C10H11BrO2. The molecule has 0 amide bonds. The molecule has 70 valence electrons. The first kappa shape index (κ1) is 9.03. The third kappa shape index (κ3) is 1.86. The van der Waals surface area contributed by atoms with E-state index < -0.39 is 0 Å². The molecular weight excluding hydrogens is 232 g/mol. The van der Waals surface area contributed by atoms with Crippen molar-refractivity contribution < 1.29 is 9.47 Å². The molecule has 1 aliphatic heterocycles. The molecule has 0 aromatic rings. The molecule has 1 aliphatic carbocycles. The molecule has 2 rings (SSSR count). The fraction of sp³-hybridized carbons (Fsp3) is 0.400. The van der Waals surface area contributed by atoms with Crippen molar-refractivity contribution in [2.75, 3.05) is 0 Å². The van der Waals surface area contributed by atoms with Crippen molar-refractivity contribution in [3.05, 3.63) is 36.1 Å². The molecule has 0 spiro atoms. The minimum Gasteiger partial charge on any atom is -0.456 e. The van der Waals surface area contributed by atoms with Gasteiger partial charge >= 0.3 is 0 Å². The molecule has 0 bridgehead atoms. The van der Waals surface area contributed by atoms with Crippen LogP contribution in [0.5, 0.6) is 0 Å². The average Bonchev–Trinajstić information content (AvgIpc) is 2.44. The molecule has 0 aromatic carbocycles. The van der Waals surface area contributed by atoms with Gasteiger partial charge in [-0.3, -0.25) is 0 Å². The monoisotopic (exact) mass is 242 g/mol.